The van der Waals surface area contributed by atoms with Crippen molar-refractivity contribution in [2.45, 2.75) is 68.5 Å². The molecule has 4 aromatic carbocycles. The first-order valence-electron chi connectivity index (χ1n) is 26.5. The number of nitrogens with zero attached hydrogens (tertiary/aromatic N) is 8. The molecule has 3 unspecified atom stereocenters. The zero-order chi connectivity index (χ0) is 59.1. The van der Waals surface area contributed by atoms with Gasteiger partial charge in [0.15, 0.2) is 40.6 Å². The maximum absolute atomic E-state index is 13.6. The second kappa shape index (κ2) is 25.9. The summed E-state index contributed by atoms with van der Waals surface area (Å²) in [7, 11) is 6.00. The van der Waals surface area contributed by atoms with Gasteiger partial charge in [0.25, 0.3) is 11.5 Å². The van der Waals surface area contributed by atoms with E-state index in [2.05, 4.69) is 45.4 Å². The number of nitrogens with one attached hydrogen (secondary N) is 3. The number of carbonyl (C=O) groups is 2. The van der Waals surface area contributed by atoms with E-state index in [0.29, 0.717) is 28.2 Å². The van der Waals surface area contributed by atoms with Gasteiger partial charge in [0, 0.05) is 25.7 Å². The SMILES string of the molecule is [C-]#[N+]CCOP(=S)(OC[C@H]1O[C@@H](n2cnc3c(NC(=O)c4ccccc4)ncnc32)[C@@H](OC)C1O)OC1[C@@H](COC(c2ccccc2)(c2ccc(OC)cc2)c2ccc(OC)cc2)O[C@@H](n2cnc3c(=O)[nH]c(NC(=O)C(C)C)nc32)[C@H]1OC. The number of aromatic nitrogens is 8. The van der Waals surface area contributed by atoms with Gasteiger partial charge >= 0.3 is 6.72 Å². The van der Waals surface area contributed by atoms with Crippen LogP contribution in [0.3, 0.4) is 0 Å². The molecule has 2 fully saturated rings. The molecule has 0 bridgehead atoms. The fraction of sp³-hybridized carbons (Fsp3) is 0.351. The van der Waals surface area contributed by atoms with Crippen molar-refractivity contribution in [1.82, 2.24) is 39.0 Å². The van der Waals surface area contributed by atoms with Crippen LogP contribution >= 0.6 is 6.72 Å². The summed E-state index contributed by atoms with van der Waals surface area (Å²) in [6, 6.07) is 33.1. The normalized spacial score (nSPS) is 21.3. The molecular weight excluding hydrogens is 1130 g/mol. The van der Waals surface area contributed by atoms with Crippen LogP contribution in [0.25, 0.3) is 27.2 Å². The van der Waals surface area contributed by atoms with Crippen molar-refractivity contribution in [2.75, 3.05) is 65.4 Å². The van der Waals surface area contributed by atoms with Gasteiger partial charge in [0.1, 0.15) is 66.7 Å². The standard InChI is InChI=1S/C57H60N11O14PS/c1-33(2)51(70)65-56-64-50-43(53(72)66-56)62-32-68(50)55-47(76-7)45(41(81-55)28-77-57(35-16-12-9-13-17-35,36-18-22-38(73-4)23-19-36)37-20-24-39(74-5)25-21-37)82-83(84,78-27-26-58-3)79-29-40-44(69)46(75-6)54(80-40)67-31-61-42-48(59-30-60-49(42)67)63-52(71)34-14-10-8-11-15-34/h8-25,30-33,40-41,44-47,54-55,69H,26-29H2,1-2,4-7H3,(H,59,60,63,71)(H2,64,65,66,70,72)/t40-,41-,44?,45?,46+,47+,54-,55-,83?/m1/s1. The van der Waals surface area contributed by atoms with Crippen molar-refractivity contribution in [2.24, 2.45) is 5.92 Å². The van der Waals surface area contributed by atoms with Crippen LogP contribution in [0.4, 0.5) is 11.8 Å². The number of rotatable bonds is 24. The Labute approximate surface area is 486 Å². The number of aliphatic hydroxyl groups excluding tert-OH is 1. The lowest BCUT2D eigenvalue weighted by Crippen LogP contribution is -2.41. The number of amides is 2. The van der Waals surface area contributed by atoms with E-state index in [-0.39, 0.29) is 53.9 Å². The van der Waals surface area contributed by atoms with Gasteiger partial charge in [0.2, 0.25) is 18.4 Å². The first kappa shape index (κ1) is 59.3. The summed E-state index contributed by atoms with van der Waals surface area (Å²) in [5.41, 5.74) is 1.02. The predicted octanol–water partition coefficient (Wildman–Crippen LogP) is 6.58. The minimum absolute atomic E-state index is 0.0316. The number of aliphatic hydroxyl groups is 1. The molecule has 4 N–H and O–H groups in total. The Balaban J connectivity index is 1.01. The van der Waals surface area contributed by atoms with Gasteiger partial charge in [-0.1, -0.05) is 86.6 Å². The molecule has 4 aromatic heterocycles. The third-order valence-corrected chi connectivity index (χ3v) is 16.6. The van der Waals surface area contributed by atoms with Crippen LogP contribution in [0, 0.1) is 12.5 Å². The van der Waals surface area contributed by atoms with Crippen LogP contribution in [-0.2, 0) is 59.5 Å². The van der Waals surface area contributed by atoms with Crippen molar-refractivity contribution in [1.29, 1.82) is 0 Å². The van der Waals surface area contributed by atoms with Gasteiger partial charge in [0.05, 0.1) is 40.1 Å². The number of benzene rings is 4. The number of carbonyl (C=O) groups excluding carboxylic acids is 2. The van der Waals surface area contributed by atoms with Crippen LogP contribution < -0.4 is 25.7 Å². The van der Waals surface area contributed by atoms with E-state index in [4.69, 9.17) is 65.1 Å². The highest BCUT2D eigenvalue weighted by molar-refractivity contribution is 8.07. The number of methoxy groups -OCH3 is 4. The lowest BCUT2D eigenvalue weighted by Gasteiger charge is -2.37. The Morgan fingerprint density at radius 2 is 1.35 bits per heavy atom. The number of imidazole rings is 2. The smallest absolute Gasteiger partial charge is 0.327 e. The third kappa shape index (κ3) is 12.1. The second-order valence-corrected chi connectivity index (χ2v) is 22.6. The molecule has 9 atom stereocenters. The third-order valence-electron chi connectivity index (χ3n) is 14.3. The summed E-state index contributed by atoms with van der Waals surface area (Å²) in [5.74, 6) is -0.0165. The van der Waals surface area contributed by atoms with Crippen LogP contribution in [0.1, 0.15) is 53.4 Å². The molecule has 0 aliphatic carbocycles. The van der Waals surface area contributed by atoms with Crippen molar-refractivity contribution in [3.63, 3.8) is 0 Å². The summed E-state index contributed by atoms with van der Waals surface area (Å²) in [4.78, 5) is 67.9. The molecule has 2 aliphatic heterocycles. The summed E-state index contributed by atoms with van der Waals surface area (Å²) < 4.78 is 66.9. The topological polar surface area (TPSA) is 282 Å². The summed E-state index contributed by atoms with van der Waals surface area (Å²) in [6.45, 7) is 5.84. The van der Waals surface area contributed by atoms with Crippen LogP contribution in [-0.4, -0.2) is 147 Å². The van der Waals surface area contributed by atoms with E-state index >= 15 is 0 Å². The lowest BCUT2D eigenvalue weighted by molar-refractivity contribution is -0.118. The van der Waals surface area contributed by atoms with Crippen molar-refractivity contribution in [3.8, 4) is 11.5 Å². The van der Waals surface area contributed by atoms with Gasteiger partial charge in [-0.15, -0.1) is 0 Å². The fourth-order valence-electron chi connectivity index (χ4n) is 10.0. The van der Waals surface area contributed by atoms with Gasteiger partial charge in [-0.3, -0.25) is 38.3 Å². The average Bonchev–Trinajstić information content (AvgIpc) is 2.32. The molecule has 6 heterocycles. The van der Waals surface area contributed by atoms with Gasteiger partial charge < -0.3 is 57.5 Å². The van der Waals surface area contributed by atoms with Crippen molar-refractivity contribution in [3.05, 3.63) is 172 Å². The first-order chi connectivity index (χ1) is 40.7. The number of fused-ring (bicyclic) bond motifs is 2. The molecule has 2 saturated heterocycles. The minimum atomic E-state index is -4.12. The number of H-pyrrole nitrogens is 1. The maximum Gasteiger partial charge on any atom is 0.327 e. The molecule has 84 heavy (non-hydrogen) atoms. The van der Waals surface area contributed by atoms with E-state index in [1.54, 1.807) is 63.0 Å². The lowest BCUT2D eigenvalue weighted by atomic mass is 9.80. The number of anilines is 2. The summed E-state index contributed by atoms with van der Waals surface area (Å²) in [5, 5.41) is 17.4. The van der Waals surface area contributed by atoms with Crippen LogP contribution in [0.2, 0.25) is 0 Å². The Bertz CT molecular complexity index is 3690. The molecular formula is C57H60N11O14PS. The predicted molar refractivity (Wildman–Crippen MR) is 308 cm³/mol. The van der Waals surface area contributed by atoms with Crippen molar-refractivity contribution < 1.29 is 61.4 Å². The Morgan fingerprint density at radius 3 is 1.96 bits per heavy atom. The number of ether oxygens (including phenoxy) is 7. The minimum Gasteiger partial charge on any atom is -0.497 e. The van der Waals surface area contributed by atoms with Gasteiger partial charge in [-0.25, -0.2) is 26.5 Å². The molecule has 0 spiro atoms. The quantitative estimate of drug-likeness (QED) is 0.0215. The summed E-state index contributed by atoms with van der Waals surface area (Å²) >= 11 is 6.25. The number of aromatic amines is 1. The highest BCUT2D eigenvalue weighted by Crippen LogP contribution is 2.55. The average molecular weight is 1190 g/mol. The van der Waals surface area contributed by atoms with Crippen LogP contribution in [0.15, 0.2) is 133 Å². The Kier molecular flexibility index (Phi) is 18.3. The number of hydrogen-bond donors (Lipinski definition) is 4. The highest BCUT2D eigenvalue weighted by Gasteiger charge is 2.53. The van der Waals surface area contributed by atoms with E-state index < -0.39 is 91.3 Å². The molecule has 10 rings (SSSR count). The van der Waals surface area contributed by atoms with E-state index in [1.165, 1.54) is 37.8 Å². The summed E-state index contributed by atoms with van der Waals surface area (Å²) in [6.07, 6.45) is -5.22. The van der Waals surface area contributed by atoms with Crippen molar-refractivity contribution >= 4 is 64.4 Å². The molecule has 25 nitrogen and oxygen atoms in total. The molecule has 8 aromatic rings. The van der Waals surface area contributed by atoms with Gasteiger partial charge in [-0.2, -0.15) is 4.98 Å². The number of hydrogen-bond acceptors (Lipinski definition) is 20. The van der Waals surface area contributed by atoms with E-state index in [9.17, 15) is 19.5 Å². The van der Waals surface area contributed by atoms with Gasteiger partial charge in [-0.05, 0) is 64.9 Å². The zero-order valence-corrected chi connectivity index (χ0v) is 48.0. The molecule has 438 valence electrons. The zero-order valence-electron chi connectivity index (χ0n) is 46.3. The molecule has 2 amide bonds. The Hall–Kier alpha value is -7.90. The maximum atomic E-state index is 13.6. The monoisotopic (exact) mass is 1190 g/mol. The highest BCUT2D eigenvalue weighted by atomic mass is 32.5. The molecule has 2 aliphatic rings. The van der Waals surface area contributed by atoms with E-state index in [0.717, 1.165) is 5.56 Å². The Morgan fingerprint density at radius 1 is 0.750 bits per heavy atom. The molecule has 27 heteroatoms. The molecule has 0 saturated carbocycles. The fourth-order valence-corrected chi connectivity index (χ4v) is 12.1. The first-order valence-corrected chi connectivity index (χ1v) is 29.0. The van der Waals surface area contributed by atoms with E-state index in [1.807, 2.05) is 78.9 Å². The second-order valence-electron chi connectivity index (χ2n) is 19.6. The molecule has 0 radical (unpaired) electrons. The largest absolute Gasteiger partial charge is 0.497 e. The van der Waals surface area contributed by atoms with Crippen LogP contribution in [0.5, 0.6) is 11.5 Å².